The van der Waals surface area contributed by atoms with E-state index in [2.05, 4.69) is 18.0 Å². The van der Waals surface area contributed by atoms with Gasteiger partial charge in [0.2, 0.25) is 0 Å². The summed E-state index contributed by atoms with van der Waals surface area (Å²) >= 11 is 0. The second-order valence-corrected chi connectivity index (χ2v) is 8.42. The number of aldehydes is 1. The Bertz CT molecular complexity index is 987. The SMILES string of the molecule is COc1ccc(CCN(C)CCCC(C#N)(c2ccc(OC)c(OC)c2)C(C)C=O)cc1OC. The Kier molecular flexibility index (Phi) is 10.2. The zero-order chi connectivity index (χ0) is 25.1. The fourth-order valence-corrected chi connectivity index (χ4v) is 4.18. The number of rotatable bonds is 14. The molecule has 0 saturated heterocycles. The molecular formula is C27H36N2O5. The predicted molar refractivity (Wildman–Crippen MR) is 132 cm³/mol. The van der Waals surface area contributed by atoms with E-state index in [-0.39, 0.29) is 0 Å². The van der Waals surface area contributed by atoms with Gasteiger partial charge >= 0.3 is 0 Å². The molecule has 0 aliphatic heterocycles. The van der Waals surface area contributed by atoms with Gasteiger partial charge in [0, 0.05) is 12.5 Å². The van der Waals surface area contributed by atoms with Gasteiger partial charge in [-0.25, -0.2) is 0 Å². The van der Waals surface area contributed by atoms with E-state index in [1.807, 2.05) is 30.3 Å². The van der Waals surface area contributed by atoms with E-state index < -0.39 is 11.3 Å². The Hall–Kier alpha value is -3.24. The lowest BCUT2D eigenvalue weighted by Crippen LogP contribution is -2.34. The first-order valence-electron chi connectivity index (χ1n) is 11.4. The summed E-state index contributed by atoms with van der Waals surface area (Å²) < 4.78 is 21.5. The van der Waals surface area contributed by atoms with Crippen LogP contribution in [0.25, 0.3) is 0 Å². The lowest BCUT2D eigenvalue weighted by molar-refractivity contribution is -0.112. The number of benzene rings is 2. The molecule has 0 fully saturated rings. The van der Waals surface area contributed by atoms with Crippen LogP contribution in [0.1, 0.15) is 30.9 Å². The Morgan fingerprint density at radius 2 is 1.53 bits per heavy atom. The van der Waals surface area contributed by atoms with Crippen molar-refractivity contribution in [2.24, 2.45) is 5.92 Å². The van der Waals surface area contributed by atoms with Crippen LogP contribution >= 0.6 is 0 Å². The van der Waals surface area contributed by atoms with Crippen LogP contribution in [0.5, 0.6) is 23.0 Å². The first kappa shape index (κ1) is 27.0. The first-order chi connectivity index (χ1) is 16.4. The highest BCUT2D eigenvalue weighted by molar-refractivity contribution is 5.60. The fourth-order valence-electron chi connectivity index (χ4n) is 4.18. The normalized spacial score (nSPS) is 13.5. The van der Waals surface area contributed by atoms with Crippen LogP contribution in [0.15, 0.2) is 36.4 Å². The maximum Gasteiger partial charge on any atom is 0.161 e. The van der Waals surface area contributed by atoms with Crippen molar-refractivity contribution in [3.8, 4) is 29.1 Å². The molecule has 0 N–H and O–H groups in total. The van der Waals surface area contributed by atoms with Gasteiger partial charge in [-0.1, -0.05) is 19.1 Å². The van der Waals surface area contributed by atoms with Crippen molar-refractivity contribution in [2.75, 3.05) is 48.6 Å². The molecule has 0 amide bonds. The van der Waals surface area contributed by atoms with Crippen molar-refractivity contribution in [2.45, 2.75) is 31.6 Å². The maximum atomic E-state index is 11.8. The second kappa shape index (κ2) is 12.9. The average Bonchev–Trinajstić information content (AvgIpc) is 2.88. The molecule has 0 aliphatic carbocycles. The molecule has 34 heavy (non-hydrogen) atoms. The monoisotopic (exact) mass is 468 g/mol. The summed E-state index contributed by atoms with van der Waals surface area (Å²) in [4.78, 5) is 14.0. The number of carbonyl (C=O) groups excluding carboxylic acids is 1. The summed E-state index contributed by atoms with van der Waals surface area (Å²) in [5.74, 6) is 2.11. The van der Waals surface area contributed by atoms with Crippen LogP contribution in [0, 0.1) is 17.2 Å². The topological polar surface area (TPSA) is 81.0 Å². The van der Waals surface area contributed by atoms with Crippen LogP contribution in [0.3, 0.4) is 0 Å². The number of likely N-dealkylation sites (N-methyl/N-ethyl adjacent to an activating group) is 1. The third kappa shape index (κ3) is 6.21. The molecule has 2 aromatic carbocycles. The second-order valence-electron chi connectivity index (χ2n) is 8.42. The van der Waals surface area contributed by atoms with Crippen LogP contribution in [-0.2, 0) is 16.6 Å². The maximum absolute atomic E-state index is 11.8. The smallest absolute Gasteiger partial charge is 0.161 e. The number of hydrogen-bond donors (Lipinski definition) is 0. The van der Waals surface area contributed by atoms with Gasteiger partial charge in [0.05, 0.1) is 39.9 Å². The van der Waals surface area contributed by atoms with Crippen molar-refractivity contribution < 1.29 is 23.7 Å². The van der Waals surface area contributed by atoms with E-state index >= 15 is 0 Å². The summed E-state index contributed by atoms with van der Waals surface area (Å²) in [6.07, 6.45) is 3.05. The Morgan fingerprint density at radius 1 is 0.941 bits per heavy atom. The first-order valence-corrected chi connectivity index (χ1v) is 11.4. The van der Waals surface area contributed by atoms with Crippen molar-refractivity contribution in [3.63, 3.8) is 0 Å². The number of ether oxygens (including phenoxy) is 4. The molecule has 2 unspecified atom stereocenters. The zero-order valence-electron chi connectivity index (χ0n) is 21.1. The average molecular weight is 469 g/mol. The lowest BCUT2D eigenvalue weighted by Gasteiger charge is -2.31. The van der Waals surface area contributed by atoms with Crippen LogP contribution < -0.4 is 18.9 Å². The number of methoxy groups -OCH3 is 4. The van der Waals surface area contributed by atoms with Gasteiger partial charge in [-0.2, -0.15) is 5.26 Å². The van der Waals surface area contributed by atoms with Gasteiger partial charge in [0.25, 0.3) is 0 Å². The molecular weight excluding hydrogens is 432 g/mol. The standard InChI is InChI=1S/C27H36N2O5/c1-20(18-30)27(19-28,22-9-11-24(32-4)26(17-22)34-6)13-7-14-29(2)15-12-21-8-10-23(31-3)25(16-21)33-5/h8-11,16-18,20H,7,12-15H2,1-6H3. The molecule has 0 aromatic heterocycles. The molecule has 7 heteroatoms. The highest BCUT2D eigenvalue weighted by atomic mass is 16.5. The summed E-state index contributed by atoms with van der Waals surface area (Å²) in [6.45, 7) is 3.46. The van der Waals surface area contributed by atoms with Crippen molar-refractivity contribution in [1.29, 1.82) is 5.26 Å². The number of nitrogens with zero attached hydrogens (tertiary/aromatic N) is 2. The van der Waals surface area contributed by atoms with Gasteiger partial charge in [-0.15, -0.1) is 0 Å². The molecule has 2 atom stereocenters. The van der Waals surface area contributed by atoms with Crippen LogP contribution in [0.4, 0.5) is 0 Å². The predicted octanol–water partition coefficient (Wildman–Crippen LogP) is 4.27. The molecule has 0 aliphatic rings. The molecule has 0 spiro atoms. The highest BCUT2D eigenvalue weighted by Crippen LogP contribution is 2.40. The molecule has 2 rings (SSSR count). The molecule has 0 heterocycles. The van der Waals surface area contributed by atoms with Crippen LogP contribution in [-0.4, -0.2) is 59.8 Å². The minimum Gasteiger partial charge on any atom is -0.493 e. The lowest BCUT2D eigenvalue weighted by atomic mass is 9.69. The largest absolute Gasteiger partial charge is 0.493 e. The van der Waals surface area contributed by atoms with E-state index in [9.17, 15) is 10.1 Å². The molecule has 0 radical (unpaired) electrons. The zero-order valence-corrected chi connectivity index (χ0v) is 21.1. The van der Waals surface area contributed by atoms with E-state index in [0.29, 0.717) is 23.7 Å². The van der Waals surface area contributed by atoms with Gasteiger partial charge in [0.15, 0.2) is 23.0 Å². The van der Waals surface area contributed by atoms with Crippen molar-refractivity contribution in [1.82, 2.24) is 4.90 Å². The highest BCUT2D eigenvalue weighted by Gasteiger charge is 2.38. The number of nitriles is 1. The van der Waals surface area contributed by atoms with Gasteiger partial charge < -0.3 is 28.6 Å². The summed E-state index contributed by atoms with van der Waals surface area (Å²) in [5, 5.41) is 10.2. The van der Waals surface area contributed by atoms with Crippen molar-refractivity contribution in [3.05, 3.63) is 47.5 Å². The molecule has 7 nitrogen and oxygen atoms in total. The third-order valence-electron chi connectivity index (χ3n) is 6.42. The Morgan fingerprint density at radius 3 is 2.09 bits per heavy atom. The van der Waals surface area contributed by atoms with Gasteiger partial charge in [0.1, 0.15) is 6.29 Å². The molecule has 2 aromatic rings. The molecule has 0 bridgehead atoms. The third-order valence-corrected chi connectivity index (χ3v) is 6.42. The van der Waals surface area contributed by atoms with Gasteiger partial charge in [-0.05, 0) is 68.2 Å². The minimum atomic E-state index is -0.939. The van der Waals surface area contributed by atoms with E-state index in [4.69, 9.17) is 18.9 Å². The quantitative estimate of drug-likeness (QED) is 0.383. The Labute approximate surface area is 203 Å². The van der Waals surface area contributed by atoms with E-state index in [0.717, 1.165) is 49.1 Å². The summed E-state index contributed by atoms with van der Waals surface area (Å²) in [5.41, 5.74) is 0.988. The Balaban J connectivity index is 2.07. The van der Waals surface area contributed by atoms with E-state index in [1.54, 1.807) is 41.4 Å². The molecule has 184 valence electrons. The summed E-state index contributed by atoms with van der Waals surface area (Å²) in [6, 6.07) is 13.9. The number of hydrogen-bond acceptors (Lipinski definition) is 7. The molecule has 0 saturated carbocycles. The fraction of sp³-hybridized carbons (Fsp3) is 0.481. The minimum absolute atomic E-state index is 0.465. The van der Waals surface area contributed by atoms with E-state index in [1.165, 1.54) is 0 Å². The van der Waals surface area contributed by atoms with Gasteiger partial charge in [-0.3, -0.25) is 0 Å². The number of carbonyl (C=O) groups is 1. The van der Waals surface area contributed by atoms with Crippen LogP contribution in [0.2, 0.25) is 0 Å². The summed E-state index contributed by atoms with van der Waals surface area (Å²) in [7, 11) is 8.45. The van der Waals surface area contributed by atoms with Crippen molar-refractivity contribution >= 4 is 6.29 Å².